The van der Waals surface area contributed by atoms with E-state index in [0.29, 0.717) is 17.0 Å². The van der Waals surface area contributed by atoms with Gasteiger partial charge in [-0.2, -0.15) is 10.1 Å². The van der Waals surface area contributed by atoms with Crippen LogP contribution in [0.15, 0.2) is 30.6 Å². The Kier molecular flexibility index (Phi) is 4.38. The average molecular weight is 341 g/mol. The van der Waals surface area contributed by atoms with Crippen LogP contribution in [-0.2, 0) is 22.6 Å². The molecule has 0 aliphatic carbocycles. The molecule has 0 bridgehead atoms. The Hall–Kier alpha value is -3.36. The molecular formula is C16H15N5O4. The van der Waals surface area contributed by atoms with Crippen molar-refractivity contribution in [1.82, 2.24) is 19.6 Å². The van der Waals surface area contributed by atoms with E-state index in [2.05, 4.69) is 15.1 Å². The summed E-state index contributed by atoms with van der Waals surface area (Å²) < 4.78 is 6.83. The van der Waals surface area contributed by atoms with E-state index in [1.54, 1.807) is 23.6 Å². The summed E-state index contributed by atoms with van der Waals surface area (Å²) in [4.78, 5) is 30.6. The number of hydrogen-bond donors (Lipinski definition) is 0. The predicted molar refractivity (Wildman–Crippen MR) is 86.9 cm³/mol. The summed E-state index contributed by atoms with van der Waals surface area (Å²) >= 11 is 0. The predicted octanol–water partition coefficient (Wildman–Crippen LogP) is 1.94. The smallest absolute Gasteiger partial charge is 0.310 e. The number of fused-ring (bicyclic) bond motifs is 1. The third-order valence-corrected chi connectivity index (χ3v) is 3.86. The average Bonchev–Trinajstić information content (AvgIpc) is 3.05. The number of benzene rings is 1. The number of carbonyl (C=O) groups excluding carboxylic acids is 1. The highest BCUT2D eigenvalue weighted by atomic mass is 16.6. The van der Waals surface area contributed by atoms with Gasteiger partial charge in [-0.15, -0.1) is 0 Å². The fourth-order valence-corrected chi connectivity index (χ4v) is 2.48. The lowest BCUT2D eigenvalue weighted by molar-refractivity contribution is -0.384. The van der Waals surface area contributed by atoms with Crippen molar-refractivity contribution >= 4 is 17.4 Å². The Labute approximate surface area is 142 Å². The monoisotopic (exact) mass is 341 g/mol. The molecule has 0 saturated carbocycles. The third kappa shape index (κ3) is 3.44. The van der Waals surface area contributed by atoms with Crippen molar-refractivity contribution in [2.75, 3.05) is 0 Å². The van der Waals surface area contributed by atoms with E-state index in [4.69, 9.17) is 4.74 Å². The molecule has 0 radical (unpaired) electrons. The largest absolute Gasteiger partial charge is 0.461 e. The molecule has 9 heteroatoms. The summed E-state index contributed by atoms with van der Waals surface area (Å²) in [6, 6.07) is 5.87. The minimum absolute atomic E-state index is 0.00599. The van der Waals surface area contributed by atoms with E-state index in [9.17, 15) is 14.9 Å². The molecule has 0 aliphatic heterocycles. The Bertz CT molecular complexity index is 949. The molecule has 1 aromatic carbocycles. The van der Waals surface area contributed by atoms with Gasteiger partial charge in [-0.05, 0) is 31.5 Å². The van der Waals surface area contributed by atoms with Gasteiger partial charge in [0.25, 0.3) is 11.5 Å². The zero-order valence-electron chi connectivity index (χ0n) is 13.7. The number of nitro benzene ring substituents is 1. The molecule has 3 aromatic rings. The lowest BCUT2D eigenvalue weighted by Gasteiger charge is -2.10. The second-order valence-corrected chi connectivity index (χ2v) is 5.49. The van der Waals surface area contributed by atoms with Crippen LogP contribution in [0.3, 0.4) is 0 Å². The van der Waals surface area contributed by atoms with Gasteiger partial charge in [-0.1, -0.05) is 0 Å². The first kappa shape index (κ1) is 16.5. The number of non-ortho nitro benzene ring substituents is 1. The number of rotatable bonds is 5. The maximum absolute atomic E-state index is 12.1. The minimum atomic E-state index is -0.478. The number of esters is 1. The second kappa shape index (κ2) is 6.63. The van der Waals surface area contributed by atoms with Gasteiger partial charge in [0.05, 0.1) is 11.3 Å². The van der Waals surface area contributed by atoms with Crippen LogP contribution in [0.25, 0.3) is 5.78 Å². The molecule has 0 atom stereocenters. The van der Waals surface area contributed by atoms with Crippen LogP contribution in [0.5, 0.6) is 0 Å². The normalized spacial score (nSPS) is 10.8. The quantitative estimate of drug-likeness (QED) is 0.396. The van der Waals surface area contributed by atoms with E-state index in [1.807, 2.05) is 6.92 Å². The SMILES string of the molecule is Cc1nc2ncnn2c(C)c1CC(=O)OCc1ccc([N+](=O)[O-])cc1. The van der Waals surface area contributed by atoms with Crippen molar-refractivity contribution in [2.45, 2.75) is 26.9 Å². The van der Waals surface area contributed by atoms with Crippen LogP contribution in [0, 0.1) is 24.0 Å². The summed E-state index contributed by atoms with van der Waals surface area (Å²) in [7, 11) is 0. The fourth-order valence-electron chi connectivity index (χ4n) is 2.48. The highest BCUT2D eigenvalue weighted by molar-refractivity contribution is 5.73. The van der Waals surface area contributed by atoms with Crippen LogP contribution in [0.2, 0.25) is 0 Å². The standard InChI is InChI=1S/C16H15N5O4/c1-10-14(11(2)20-16(19-10)17-9-18-20)7-15(22)25-8-12-3-5-13(6-4-12)21(23)24/h3-6,9H,7-8H2,1-2H3. The molecule has 2 aromatic heterocycles. The van der Waals surface area contributed by atoms with Gasteiger partial charge in [-0.25, -0.2) is 9.50 Å². The van der Waals surface area contributed by atoms with Crippen molar-refractivity contribution in [2.24, 2.45) is 0 Å². The maximum atomic E-state index is 12.1. The number of nitro groups is 1. The highest BCUT2D eigenvalue weighted by Crippen LogP contribution is 2.15. The summed E-state index contributed by atoms with van der Waals surface area (Å²) in [5.41, 5.74) is 2.90. The lowest BCUT2D eigenvalue weighted by atomic mass is 10.1. The third-order valence-electron chi connectivity index (χ3n) is 3.86. The molecule has 0 amide bonds. The number of carbonyl (C=O) groups is 1. The summed E-state index contributed by atoms with van der Waals surface area (Å²) in [6.07, 6.45) is 1.47. The van der Waals surface area contributed by atoms with Crippen molar-refractivity contribution in [3.05, 3.63) is 63.2 Å². The molecule has 0 saturated heterocycles. The molecule has 3 rings (SSSR count). The number of nitrogens with zero attached hydrogens (tertiary/aromatic N) is 5. The van der Waals surface area contributed by atoms with E-state index in [-0.39, 0.29) is 18.7 Å². The molecule has 0 N–H and O–H groups in total. The first-order valence-corrected chi connectivity index (χ1v) is 7.50. The molecule has 0 aliphatic rings. The highest BCUT2D eigenvalue weighted by Gasteiger charge is 2.15. The second-order valence-electron chi connectivity index (χ2n) is 5.49. The zero-order valence-corrected chi connectivity index (χ0v) is 13.7. The van der Waals surface area contributed by atoms with Crippen LogP contribution in [0.4, 0.5) is 5.69 Å². The number of ether oxygens (including phenoxy) is 1. The van der Waals surface area contributed by atoms with Crippen molar-refractivity contribution in [3.8, 4) is 0 Å². The van der Waals surface area contributed by atoms with Gasteiger partial charge in [-0.3, -0.25) is 14.9 Å². The molecular weight excluding hydrogens is 326 g/mol. The molecule has 9 nitrogen and oxygen atoms in total. The molecule has 0 unspecified atom stereocenters. The van der Waals surface area contributed by atoms with E-state index in [1.165, 1.54) is 18.5 Å². The zero-order chi connectivity index (χ0) is 18.0. The van der Waals surface area contributed by atoms with Crippen LogP contribution in [0.1, 0.15) is 22.5 Å². The Morgan fingerprint density at radius 2 is 2.00 bits per heavy atom. The Morgan fingerprint density at radius 1 is 1.28 bits per heavy atom. The summed E-state index contributed by atoms with van der Waals surface area (Å²) in [5, 5.41) is 14.7. The summed E-state index contributed by atoms with van der Waals surface area (Å²) in [5.74, 6) is 0.0730. The van der Waals surface area contributed by atoms with Gasteiger partial charge >= 0.3 is 5.97 Å². The first-order valence-electron chi connectivity index (χ1n) is 7.50. The van der Waals surface area contributed by atoms with Crippen molar-refractivity contribution in [3.63, 3.8) is 0 Å². The van der Waals surface area contributed by atoms with Gasteiger partial charge in [0.1, 0.15) is 12.9 Å². The topological polar surface area (TPSA) is 113 Å². The Morgan fingerprint density at radius 3 is 2.68 bits per heavy atom. The van der Waals surface area contributed by atoms with E-state index in [0.717, 1.165) is 11.3 Å². The Balaban J connectivity index is 1.67. The van der Waals surface area contributed by atoms with Crippen LogP contribution >= 0.6 is 0 Å². The molecule has 0 spiro atoms. The lowest BCUT2D eigenvalue weighted by Crippen LogP contribution is -2.13. The molecule has 25 heavy (non-hydrogen) atoms. The van der Waals surface area contributed by atoms with Crippen molar-refractivity contribution in [1.29, 1.82) is 0 Å². The maximum Gasteiger partial charge on any atom is 0.310 e. The van der Waals surface area contributed by atoms with Crippen LogP contribution < -0.4 is 0 Å². The van der Waals surface area contributed by atoms with Gasteiger partial charge in [0.15, 0.2) is 0 Å². The molecule has 0 fully saturated rings. The number of hydrogen-bond acceptors (Lipinski definition) is 7. The van der Waals surface area contributed by atoms with Crippen LogP contribution in [-0.4, -0.2) is 30.5 Å². The minimum Gasteiger partial charge on any atom is -0.461 e. The summed E-state index contributed by atoms with van der Waals surface area (Å²) in [6.45, 7) is 3.70. The fraction of sp³-hybridized carbons (Fsp3) is 0.250. The van der Waals surface area contributed by atoms with Gasteiger partial charge < -0.3 is 4.74 Å². The van der Waals surface area contributed by atoms with E-state index < -0.39 is 10.9 Å². The van der Waals surface area contributed by atoms with Crippen molar-refractivity contribution < 1.29 is 14.5 Å². The van der Waals surface area contributed by atoms with Gasteiger partial charge in [0.2, 0.25) is 0 Å². The number of aryl methyl sites for hydroxylation is 2. The number of aromatic nitrogens is 4. The molecule has 128 valence electrons. The first-order chi connectivity index (χ1) is 12.0. The van der Waals surface area contributed by atoms with Gasteiger partial charge in [0, 0.05) is 29.1 Å². The molecule has 2 heterocycles. The van der Waals surface area contributed by atoms with E-state index >= 15 is 0 Å².